The van der Waals surface area contributed by atoms with Crippen molar-refractivity contribution in [2.24, 2.45) is 11.8 Å². The lowest BCUT2D eigenvalue weighted by atomic mass is 9.96. The molecule has 3 N–H and O–H groups in total. The van der Waals surface area contributed by atoms with E-state index in [0.717, 1.165) is 0 Å². The summed E-state index contributed by atoms with van der Waals surface area (Å²) in [5.74, 6) is 5.54. The fraction of sp³-hybridized carbons (Fsp3) is 0.750. The first-order valence-corrected chi connectivity index (χ1v) is 7.66. The standard InChI is InChI=1S/C12H21N3O4S/c1-19-11(17)4-7-20-8-10(16)15-5-2-9(3-6-15)12(18)14-13/h9H,2-8,13H2,1H3,(H,14,18). The van der Waals surface area contributed by atoms with Crippen LogP contribution >= 0.6 is 11.8 Å². The predicted octanol–water partition coefficient (Wildman–Crippen LogP) is -0.489. The van der Waals surface area contributed by atoms with Crippen LogP contribution in [0.5, 0.6) is 0 Å². The third kappa shape index (κ3) is 5.38. The molecule has 8 heteroatoms. The summed E-state index contributed by atoms with van der Waals surface area (Å²) in [6.07, 6.45) is 1.59. The summed E-state index contributed by atoms with van der Waals surface area (Å²) in [4.78, 5) is 35.9. The SMILES string of the molecule is COC(=O)CCSCC(=O)N1CCC(C(=O)NN)CC1. The van der Waals surface area contributed by atoms with Gasteiger partial charge in [-0.25, -0.2) is 5.84 Å². The highest BCUT2D eigenvalue weighted by molar-refractivity contribution is 7.99. The molecule has 1 fully saturated rings. The number of piperidine rings is 1. The van der Waals surface area contributed by atoms with Crippen LogP contribution in [-0.4, -0.2) is 54.4 Å². The average Bonchev–Trinajstić information content (AvgIpc) is 2.50. The molecule has 0 unspecified atom stereocenters. The van der Waals surface area contributed by atoms with Crippen molar-refractivity contribution >= 4 is 29.5 Å². The van der Waals surface area contributed by atoms with Gasteiger partial charge in [0, 0.05) is 24.8 Å². The Morgan fingerprint density at radius 2 is 2.00 bits per heavy atom. The zero-order valence-electron chi connectivity index (χ0n) is 11.6. The molecule has 0 bridgehead atoms. The monoisotopic (exact) mass is 303 g/mol. The van der Waals surface area contributed by atoms with Crippen LogP contribution in [0.25, 0.3) is 0 Å². The zero-order valence-corrected chi connectivity index (χ0v) is 12.4. The van der Waals surface area contributed by atoms with Crippen LogP contribution in [0.3, 0.4) is 0 Å². The van der Waals surface area contributed by atoms with Gasteiger partial charge in [0.2, 0.25) is 11.8 Å². The van der Waals surface area contributed by atoms with Crippen LogP contribution in [0.1, 0.15) is 19.3 Å². The number of amides is 2. The van der Waals surface area contributed by atoms with Crippen LogP contribution in [0.4, 0.5) is 0 Å². The van der Waals surface area contributed by atoms with E-state index in [4.69, 9.17) is 5.84 Å². The highest BCUT2D eigenvalue weighted by atomic mass is 32.2. The summed E-state index contributed by atoms with van der Waals surface area (Å²) < 4.78 is 4.52. The van der Waals surface area contributed by atoms with Gasteiger partial charge in [-0.3, -0.25) is 19.8 Å². The molecule has 1 rings (SSSR count). The molecule has 0 saturated carbocycles. The van der Waals surface area contributed by atoms with Gasteiger partial charge in [0.1, 0.15) is 0 Å². The number of hydrogen-bond acceptors (Lipinski definition) is 6. The number of rotatable bonds is 6. The van der Waals surface area contributed by atoms with E-state index in [1.54, 1.807) is 4.90 Å². The van der Waals surface area contributed by atoms with Gasteiger partial charge in [0.25, 0.3) is 0 Å². The molecule has 0 aromatic rings. The van der Waals surface area contributed by atoms with Gasteiger partial charge < -0.3 is 9.64 Å². The van der Waals surface area contributed by atoms with Crippen LogP contribution in [-0.2, 0) is 19.1 Å². The normalized spacial score (nSPS) is 15.8. The number of nitrogens with one attached hydrogen (secondary N) is 1. The summed E-state index contributed by atoms with van der Waals surface area (Å²) in [6, 6.07) is 0. The first-order valence-electron chi connectivity index (χ1n) is 6.51. The Bertz CT molecular complexity index is 357. The quantitative estimate of drug-likeness (QED) is 0.226. The number of esters is 1. The Kier molecular flexibility index (Phi) is 7.38. The number of thioether (sulfide) groups is 1. The number of methoxy groups -OCH3 is 1. The predicted molar refractivity (Wildman–Crippen MR) is 75.6 cm³/mol. The van der Waals surface area contributed by atoms with Crippen molar-refractivity contribution in [2.45, 2.75) is 19.3 Å². The zero-order chi connectivity index (χ0) is 15.0. The van der Waals surface area contributed by atoms with Crippen molar-refractivity contribution in [1.82, 2.24) is 10.3 Å². The molecule has 0 spiro atoms. The minimum atomic E-state index is -0.265. The minimum Gasteiger partial charge on any atom is -0.469 e. The first kappa shape index (κ1) is 16.8. The molecule has 0 radical (unpaired) electrons. The molecule has 20 heavy (non-hydrogen) atoms. The molecule has 1 aliphatic heterocycles. The number of hydrazine groups is 1. The van der Waals surface area contributed by atoms with E-state index >= 15 is 0 Å². The average molecular weight is 303 g/mol. The summed E-state index contributed by atoms with van der Waals surface area (Å²) in [5.41, 5.74) is 2.15. The molecule has 0 aliphatic carbocycles. The van der Waals surface area contributed by atoms with Crippen LogP contribution < -0.4 is 11.3 Å². The molecule has 0 aromatic heterocycles. The smallest absolute Gasteiger partial charge is 0.306 e. The van der Waals surface area contributed by atoms with Crippen molar-refractivity contribution in [3.8, 4) is 0 Å². The Balaban J connectivity index is 2.19. The number of nitrogens with two attached hydrogens (primary N) is 1. The maximum Gasteiger partial charge on any atom is 0.306 e. The van der Waals surface area contributed by atoms with Gasteiger partial charge in [-0.05, 0) is 12.8 Å². The fourth-order valence-corrected chi connectivity index (χ4v) is 2.83. The second-order valence-electron chi connectivity index (χ2n) is 4.54. The Morgan fingerprint density at radius 3 is 2.55 bits per heavy atom. The number of ether oxygens (including phenoxy) is 1. The van der Waals surface area contributed by atoms with Gasteiger partial charge in [-0.2, -0.15) is 11.8 Å². The molecule has 7 nitrogen and oxygen atoms in total. The third-order valence-electron chi connectivity index (χ3n) is 3.26. The lowest BCUT2D eigenvalue weighted by molar-refractivity contribution is -0.140. The van der Waals surface area contributed by atoms with Gasteiger partial charge in [0.05, 0.1) is 19.3 Å². The van der Waals surface area contributed by atoms with Gasteiger partial charge in [-0.1, -0.05) is 0 Å². The van der Waals surface area contributed by atoms with Gasteiger partial charge in [-0.15, -0.1) is 0 Å². The minimum absolute atomic E-state index is 0.0477. The first-order chi connectivity index (χ1) is 9.58. The molecule has 1 heterocycles. The second-order valence-corrected chi connectivity index (χ2v) is 5.65. The molecular formula is C12H21N3O4S. The van der Waals surface area contributed by atoms with Crippen LogP contribution in [0.2, 0.25) is 0 Å². The van der Waals surface area contributed by atoms with Crippen molar-refractivity contribution in [3.05, 3.63) is 0 Å². The number of likely N-dealkylation sites (tertiary alicyclic amines) is 1. The van der Waals surface area contributed by atoms with E-state index in [0.29, 0.717) is 43.9 Å². The van der Waals surface area contributed by atoms with E-state index in [2.05, 4.69) is 10.2 Å². The summed E-state index contributed by atoms with van der Waals surface area (Å²) in [7, 11) is 1.35. The van der Waals surface area contributed by atoms with Crippen molar-refractivity contribution in [2.75, 3.05) is 31.7 Å². The van der Waals surface area contributed by atoms with Crippen molar-refractivity contribution in [3.63, 3.8) is 0 Å². The summed E-state index contributed by atoms with van der Waals surface area (Å²) in [6.45, 7) is 1.16. The fourth-order valence-electron chi connectivity index (χ4n) is 2.02. The summed E-state index contributed by atoms with van der Waals surface area (Å²) in [5, 5.41) is 0. The van der Waals surface area contributed by atoms with Gasteiger partial charge in [0.15, 0.2) is 0 Å². The number of hydrogen-bond donors (Lipinski definition) is 2. The second kappa shape index (κ2) is 8.80. The molecule has 2 amide bonds. The molecule has 1 saturated heterocycles. The largest absolute Gasteiger partial charge is 0.469 e. The van der Waals surface area contributed by atoms with E-state index in [1.807, 2.05) is 0 Å². The molecule has 0 aromatic carbocycles. The van der Waals surface area contributed by atoms with Crippen molar-refractivity contribution < 1.29 is 19.1 Å². The molecular weight excluding hydrogens is 282 g/mol. The van der Waals surface area contributed by atoms with Crippen molar-refractivity contribution in [1.29, 1.82) is 0 Å². The number of carbonyl (C=O) groups excluding carboxylic acids is 3. The number of carbonyl (C=O) groups is 3. The van der Waals surface area contributed by atoms with Gasteiger partial charge >= 0.3 is 5.97 Å². The van der Waals surface area contributed by atoms with E-state index in [9.17, 15) is 14.4 Å². The lowest BCUT2D eigenvalue weighted by Crippen LogP contribution is -2.45. The number of nitrogens with zero attached hydrogens (tertiary/aromatic N) is 1. The molecule has 1 aliphatic rings. The molecule has 0 atom stereocenters. The van der Waals surface area contributed by atoms with Crippen LogP contribution in [0, 0.1) is 5.92 Å². The summed E-state index contributed by atoms with van der Waals surface area (Å²) >= 11 is 1.42. The Labute approximate surface area is 122 Å². The topological polar surface area (TPSA) is 102 Å². The van der Waals surface area contributed by atoms with E-state index in [-0.39, 0.29) is 23.7 Å². The van der Waals surface area contributed by atoms with E-state index < -0.39 is 0 Å². The third-order valence-corrected chi connectivity index (χ3v) is 4.21. The lowest BCUT2D eigenvalue weighted by Gasteiger charge is -2.31. The Hall–Kier alpha value is -1.28. The van der Waals surface area contributed by atoms with E-state index in [1.165, 1.54) is 18.9 Å². The maximum atomic E-state index is 11.9. The molecule has 114 valence electrons. The van der Waals surface area contributed by atoms with Crippen LogP contribution in [0.15, 0.2) is 0 Å². The maximum absolute atomic E-state index is 11.9. The highest BCUT2D eigenvalue weighted by Gasteiger charge is 2.26. The highest BCUT2D eigenvalue weighted by Crippen LogP contribution is 2.18. The Morgan fingerprint density at radius 1 is 1.35 bits per heavy atom.